The van der Waals surface area contributed by atoms with Gasteiger partial charge in [-0.15, -0.1) is 6.58 Å². The van der Waals surface area contributed by atoms with Crippen molar-refractivity contribution in [3.63, 3.8) is 0 Å². The van der Waals surface area contributed by atoms with E-state index in [1.165, 1.54) is 6.08 Å². The van der Waals surface area contributed by atoms with Crippen molar-refractivity contribution in [2.75, 3.05) is 6.54 Å². The molecule has 3 fully saturated rings. The third-order valence-electron chi connectivity index (χ3n) is 6.09. The molecule has 1 saturated heterocycles. The summed E-state index contributed by atoms with van der Waals surface area (Å²) in [7, 11) is -3.88. The number of β-amino-alcohol motifs (C(OH)–C–C–N with tert-alkyl or cyclic N) is 1. The fourth-order valence-electron chi connectivity index (χ4n) is 3.70. The highest BCUT2D eigenvalue weighted by Gasteiger charge is 2.62. The van der Waals surface area contributed by atoms with Crippen molar-refractivity contribution in [1.82, 2.24) is 14.9 Å². The minimum absolute atomic E-state index is 0.0160. The molecule has 1 heterocycles. The number of amides is 3. The van der Waals surface area contributed by atoms with E-state index in [9.17, 15) is 27.9 Å². The molecule has 0 spiro atoms. The summed E-state index contributed by atoms with van der Waals surface area (Å²) in [6, 6.07) is -1.04. The molecule has 0 aromatic heterocycles. The highest BCUT2D eigenvalue weighted by atomic mass is 32.2. The van der Waals surface area contributed by atoms with Crippen LogP contribution in [0.1, 0.15) is 53.4 Å². The van der Waals surface area contributed by atoms with Crippen LogP contribution >= 0.6 is 0 Å². The van der Waals surface area contributed by atoms with Gasteiger partial charge in [0.25, 0.3) is 5.91 Å². The lowest BCUT2D eigenvalue weighted by Gasteiger charge is -2.29. The Morgan fingerprint density at radius 3 is 2.35 bits per heavy atom. The molecule has 2 saturated carbocycles. The van der Waals surface area contributed by atoms with Crippen molar-refractivity contribution in [1.29, 1.82) is 0 Å². The van der Waals surface area contributed by atoms with Crippen LogP contribution in [0.2, 0.25) is 0 Å². The number of hydrogen-bond donors (Lipinski definition) is 3. The minimum atomic E-state index is -3.88. The minimum Gasteiger partial charge on any atom is -0.444 e. The summed E-state index contributed by atoms with van der Waals surface area (Å²) >= 11 is 0. The maximum atomic E-state index is 13.0. The lowest BCUT2D eigenvalue weighted by molar-refractivity contribution is -0.131. The van der Waals surface area contributed by atoms with Crippen molar-refractivity contribution in [2.45, 2.75) is 81.4 Å². The molecule has 11 heteroatoms. The van der Waals surface area contributed by atoms with Gasteiger partial charge in [-0.2, -0.15) is 0 Å². The van der Waals surface area contributed by atoms with Crippen LogP contribution in [0.3, 0.4) is 0 Å². The molecule has 1 aliphatic heterocycles. The summed E-state index contributed by atoms with van der Waals surface area (Å²) in [4.78, 5) is 39.6. The van der Waals surface area contributed by atoms with Crippen LogP contribution < -0.4 is 10.0 Å². The molecule has 10 nitrogen and oxygen atoms in total. The lowest BCUT2D eigenvalue weighted by atomic mass is 10.1. The first kappa shape index (κ1) is 23.5. The van der Waals surface area contributed by atoms with Crippen LogP contribution in [-0.2, 0) is 24.3 Å². The summed E-state index contributed by atoms with van der Waals surface area (Å²) in [5.41, 5.74) is -2.24. The number of carbonyl (C=O) groups is 3. The summed E-state index contributed by atoms with van der Waals surface area (Å²) in [6.07, 6.45) is 0.927. The fraction of sp³-hybridized carbons (Fsp3) is 0.750. The Bertz CT molecular complexity index is 906. The largest absolute Gasteiger partial charge is 0.444 e. The Balaban J connectivity index is 1.75. The first-order valence-electron chi connectivity index (χ1n) is 10.3. The van der Waals surface area contributed by atoms with Crippen LogP contribution in [0.4, 0.5) is 4.79 Å². The topological polar surface area (TPSA) is 142 Å². The molecule has 0 bridgehead atoms. The van der Waals surface area contributed by atoms with Crippen molar-refractivity contribution in [2.24, 2.45) is 5.92 Å². The molecule has 4 atom stereocenters. The highest BCUT2D eigenvalue weighted by Crippen LogP contribution is 2.47. The molecule has 4 unspecified atom stereocenters. The summed E-state index contributed by atoms with van der Waals surface area (Å²) < 4.78 is 31.4. The highest BCUT2D eigenvalue weighted by molar-refractivity contribution is 7.91. The Kier molecular flexibility index (Phi) is 5.67. The van der Waals surface area contributed by atoms with Crippen LogP contribution in [0.15, 0.2) is 12.7 Å². The molecular weight excluding hydrogens is 426 g/mol. The van der Waals surface area contributed by atoms with E-state index in [-0.39, 0.29) is 19.4 Å². The van der Waals surface area contributed by atoms with Crippen LogP contribution in [0, 0.1) is 5.92 Å². The van der Waals surface area contributed by atoms with E-state index >= 15 is 0 Å². The third-order valence-corrected chi connectivity index (χ3v) is 8.25. The average molecular weight is 458 g/mol. The van der Waals surface area contributed by atoms with Gasteiger partial charge in [0.05, 0.1) is 17.4 Å². The standard InChI is InChI=1S/C20H31N3O7S/c1-6-12-10-20(12,16(26)22-31(28,29)19(5)7-8-19)21-15(25)14-9-13(24)11-23(14)17(27)30-18(2,3)4/h6,12-14,24H,1,7-11H2,2-5H3,(H,21,25)(H,22,26). The maximum absolute atomic E-state index is 13.0. The predicted octanol–water partition coefficient (Wildman–Crippen LogP) is 0.416. The van der Waals surface area contributed by atoms with Crippen LogP contribution in [0.25, 0.3) is 0 Å². The molecule has 31 heavy (non-hydrogen) atoms. The zero-order valence-corrected chi connectivity index (χ0v) is 19.1. The fourth-order valence-corrected chi connectivity index (χ4v) is 5.02. The summed E-state index contributed by atoms with van der Waals surface area (Å²) in [6.45, 7) is 10.2. The van der Waals surface area contributed by atoms with E-state index in [0.717, 1.165) is 4.90 Å². The van der Waals surface area contributed by atoms with Crippen molar-refractivity contribution in [3.05, 3.63) is 12.7 Å². The quantitative estimate of drug-likeness (QED) is 0.491. The number of nitrogens with one attached hydrogen (secondary N) is 2. The monoisotopic (exact) mass is 457 g/mol. The van der Waals surface area contributed by atoms with Gasteiger partial charge < -0.3 is 15.2 Å². The third kappa shape index (κ3) is 4.57. The molecule has 0 aromatic rings. The first-order chi connectivity index (χ1) is 14.1. The normalized spacial score (nSPS) is 31.5. The molecule has 0 aromatic carbocycles. The number of carbonyl (C=O) groups excluding carboxylic acids is 3. The van der Waals surface area contributed by atoms with Crippen molar-refractivity contribution < 1.29 is 32.6 Å². The maximum Gasteiger partial charge on any atom is 0.411 e. The van der Waals surface area contributed by atoms with Gasteiger partial charge in [-0.25, -0.2) is 13.2 Å². The predicted molar refractivity (Wildman–Crippen MR) is 111 cm³/mol. The molecular formula is C20H31N3O7S. The molecule has 174 valence electrons. The number of hydrogen-bond acceptors (Lipinski definition) is 7. The summed E-state index contributed by atoms with van der Waals surface area (Å²) in [5, 5.41) is 12.7. The Labute approximate surface area is 182 Å². The van der Waals surface area contributed by atoms with E-state index in [1.807, 2.05) is 0 Å². The van der Waals surface area contributed by atoms with Crippen molar-refractivity contribution >= 4 is 27.9 Å². The molecule has 3 aliphatic rings. The molecule has 3 amide bonds. The smallest absolute Gasteiger partial charge is 0.411 e. The lowest BCUT2D eigenvalue weighted by Crippen LogP contribution is -2.57. The second kappa shape index (κ2) is 7.47. The van der Waals surface area contributed by atoms with Gasteiger partial charge >= 0.3 is 6.09 Å². The van der Waals surface area contributed by atoms with E-state index < -0.39 is 61.9 Å². The SMILES string of the molecule is C=CC1CC1(NC(=O)C1CC(O)CN1C(=O)OC(C)(C)C)C(=O)NS(=O)(=O)C1(C)CC1. The van der Waals surface area contributed by atoms with Gasteiger partial charge in [0.2, 0.25) is 15.9 Å². The second-order valence-electron chi connectivity index (χ2n) is 9.93. The van der Waals surface area contributed by atoms with Gasteiger partial charge in [0.1, 0.15) is 17.2 Å². The molecule has 3 rings (SSSR count). The van der Waals surface area contributed by atoms with Gasteiger partial charge in [0, 0.05) is 12.3 Å². The molecule has 3 N–H and O–H groups in total. The molecule has 0 radical (unpaired) electrons. The number of ether oxygens (including phenoxy) is 1. The van der Waals surface area contributed by atoms with Crippen molar-refractivity contribution in [3.8, 4) is 0 Å². The van der Waals surface area contributed by atoms with Crippen LogP contribution in [-0.4, -0.2) is 70.9 Å². The van der Waals surface area contributed by atoms with Crippen LogP contribution in [0.5, 0.6) is 0 Å². The van der Waals surface area contributed by atoms with E-state index in [2.05, 4.69) is 16.6 Å². The Morgan fingerprint density at radius 2 is 1.87 bits per heavy atom. The van der Waals surface area contributed by atoms with Gasteiger partial charge in [-0.3, -0.25) is 19.2 Å². The zero-order chi connectivity index (χ0) is 23.4. The number of aliphatic hydroxyl groups is 1. The van der Waals surface area contributed by atoms with E-state index in [1.54, 1.807) is 27.7 Å². The first-order valence-corrected chi connectivity index (χ1v) is 11.8. The molecule has 2 aliphatic carbocycles. The number of sulfonamides is 1. The Hall–Kier alpha value is -2.14. The number of aliphatic hydroxyl groups excluding tert-OH is 1. The Morgan fingerprint density at radius 1 is 1.26 bits per heavy atom. The zero-order valence-electron chi connectivity index (χ0n) is 18.3. The number of rotatable bonds is 6. The average Bonchev–Trinajstić information content (AvgIpc) is 3.50. The van der Waals surface area contributed by atoms with Gasteiger partial charge in [-0.1, -0.05) is 6.08 Å². The number of nitrogens with zero attached hydrogens (tertiary/aromatic N) is 1. The summed E-state index contributed by atoms with van der Waals surface area (Å²) in [5.74, 6) is -1.92. The van der Waals surface area contributed by atoms with Gasteiger partial charge in [0.15, 0.2) is 0 Å². The second-order valence-corrected chi connectivity index (χ2v) is 12.1. The van der Waals surface area contributed by atoms with E-state index in [0.29, 0.717) is 12.8 Å². The van der Waals surface area contributed by atoms with Gasteiger partial charge in [-0.05, 0) is 47.0 Å². The van der Waals surface area contributed by atoms with E-state index in [4.69, 9.17) is 4.74 Å². The number of likely N-dealkylation sites (tertiary alicyclic amines) is 1.